The van der Waals surface area contributed by atoms with Crippen LogP contribution < -0.4 is 0 Å². The number of H-pyrrole nitrogens is 1. The molecule has 1 heterocycles. The summed E-state index contributed by atoms with van der Waals surface area (Å²) in [6, 6.07) is 0. The minimum absolute atomic E-state index is 0.423. The normalized spacial score (nSPS) is 10.2. The second-order valence-electron chi connectivity index (χ2n) is 3.05. The smallest absolute Gasteiger partial charge is 0.0931 e. The molecular weight excluding hydrogens is 148 g/mol. The first kappa shape index (κ1) is 8.78. The predicted molar refractivity (Wildman–Crippen MR) is 52.6 cm³/mol. The summed E-state index contributed by atoms with van der Waals surface area (Å²) in [5.41, 5.74) is 2.93. The topological polar surface area (TPSA) is 28.7 Å². The number of hydrogen-bond donors (Lipinski definition) is 1. The molecule has 0 bridgehead atoms. The molecule has 1 rings (SSSR count). The highest BCUT2D eigenvalue weighted by Crippen LogP contribution is 2.21. The van der Waals surface area contributed by atoms with Gasteiger partial charge in [-0.1, -0.05) is 27.0 Å². The van der Waals surface area contributed by atoms with Crippen molar-refractivity contribution in [2.24, 2.45) is 5.92 Å². The number of hydrogen-bond acceptors (Lipinski definition) is 1. The van der Waals surface area contributed by atoms with Gasteiger partial charge in [0.25, 0.3) is 0 Å². The number of rotatable bonds is 3. The van der Waals surface area contributed by atoms with E-state index in [2.05, 4.69) is 37.0 Å². The molecule has 0 fully saturated rings. The Kier molecular flexibility index (Phi) is 2.48. The van der Waals surface area contributed by atoms with E-state index in [-0.39, 0.29) is 0 Å². The van der Waals surface area contributed by atoms with Gasteiger partial charge in [-0.3, -0.25) is 0 Å². The molecule has 1 aromatic heterocycles. The summed E-state index contributed by atoms with van der Waals surface area (Å²) in [6.45, 7) is 11.9. The SMILES string of the molecule is C=Cc1[nH]cnc1C(=C)C(C)C. The molecule has 0 aliphatic heterocycles. The molecule has 0 saturated heterocycles. The van der Waals surface area contributed by atoms with E-state index in [0.717, 1.165) is 17.0 Å². The highest BCUT2D eigenvalue weighted by atomic mass is 14.9. The maximum absolute atomic E-state index is 4.18. The highest BCUT2D eigenvalue weighted by molar-refractivity contribution is 5.68. The third-order valence-electron chi connectivity index (χ3n) is 1.87. The van der Waals surface area contributed by atoms with Gasteiger partial charge in [0.15, 0.2) is 0 Å². The van der Waals surface area contributed by atoms with Crippen molar-refractivity contribution >= 4 is 11.6 Å². The Morgan fingerprint density at radius 1 is 1.67 bits per heavy atom. The van der Waals surface area contributed by atoms with E-state index in [1.165, 1.54) is 0 Å². The molecule has 0 amide bonds. The highest BCUT2D eigenvalue weighted by Gasteiger charge is 2.09. The molecular formula is C10H14N2. The Hall–Kier alpha value is -1.31. The standard InChI is InChI=1S/C10H14N2/c1-5-9-10(12-6-11-9)8(4)7(2)3/h5-7H,1,4H2,2-3H3,(H,11,12). The first-order valence-electron chi connectivity index (χ1n) is 4.01. The molecule has 1 N–H and O–H groups in total. The number of imidazole rings is 1. The van der Waals surface area contributed by atoms with Crippen molar-refractivity contribution in [3.05, 3.63) is 30.9 Å². The van der Waals surface area contributed by atoms with Crippen molar-refractivity contribution in [2.75, 3.05) is 0 Å². The van der Waals surface area contributed by atoms with Crippen LogP contribution in [-0.2, 0) is 0 Å². The van der Waals surface area contributed by atoms with Crippen LogP contribution in [0.4, 0.5) is 0 Å². The fourth-order valence-corrected chi connectivity index (χ4v) is 0.989. The van der Waals surface area contributed by atoms with Crippen molar-refractivity contribution in [3.8, 4) is 0 Å². The zero-order valence-corrected chi connectivity index (χ0v) is 7.59. The average molecular weight is 162 g/mol. The Labute approximate surface area is 73.0 Å². The minimum atomic E-state index is 0.423. The van der Waals surface area contributed by atoms with Crippen LogP contribution in [0.2, 0.25) is 0 Å². The van der Waals surface area contributed by atoms with Crippen LogP contribution >= 0.6 is 0 Å². The van der Waals surface area contributed by atoms with Crippen LogP contribution in [0.15, 0.2) is 19.5 Å². The maximum atomic E-state index is 4.18. The maximum Gasteiger partial charge on any atom is 0.0931 e. The van der Waals surface area contributed by atoms with Gasteiger partial charge in [0.1, 0.15) is 0 Å². The molecule has 0 saturated carbocycles. The van der Waals surface area contributed by atoms with Crippen molar-refractivity contribution in [3.63, 3.8) is 0 Å². The molecule has 0 aromatic carbocycles. The fraction of sp³-hybridized carbons (Fsp3) is 0.300. The molecule has 2 nitrogen and oxygen atoms in total. The predicted octanol–water partition coefficient (Wildman–Crippen LogP) is 2.72. The van der Waals surface area contributed by atoms with Crippen molar-refractivity contribution in [2.45, 2.75) is 13.8 Å². The second-order valence-corrected chi connectivity index (χ2v) is 3.05. The Morgan fingerprint density at radius 2 is 2.33 bits per heavy atom. The summed E-state index contributed by atoms with van der Waals surface area (Å²) in [5, 5.41) is 0. The third kappa shape index (κ3) is 1.47. The second kappa shape index (κ2) is 3.39. The van der Waals surface area contributed by atoms with E-state index in [4.69, 9.17) is 0 Å². The molecule has 1 aromatic rings. The molecule has 0 unspecified atom stereocenters. The van der Waals surface area contributed by atoms with Crippen molar-refractivity contribution in [1.82, 2.24) is 9.97 Å². The lowest BCUT2D eigenvalue weighted by Gasteiger charge is -2.06. The van der Waals surface area contributed by atoms with E-state index < -0.39 is 0 Å². The lowest BCUT2D eigenvalue weighted by atomic mass is 10.0. The third-order valence-corrected chi connectivity index (χ3v) is 1.87. The molecule has 0 radical (unpaired) electrons. The van der Waals surface area contributed by atoms with Gasteiger partial charge in [-0.15, -0.1) is 0 Å². The van der Waals surface area contributed by atoms with Crippen molar-refractivity contribution in [1.29, 1.82) is 0 Å². The van der Waals surface area contributed by atoms with Gasteiger partial charge >= 0.3 is 0 Å². The Balaban J connectivity index is 3.01. The number of aromatic nitrogens is 2. The Morgan fingerprint density at radius 3 is 2.83 bits per heavy atom. The van der Waals surface area contributed by atoms with Crippen LogP contribution in [-0.4, -0.2) is 9.97 Å². The molecule has 0 spiro atoms. The molecule has 0 aliphatic rings. The molecule has 2 heteroatoms. The largest absolute Gasteiger partial charge is 0.345 e. The van der Waals surface area contributed by atoms with Gasteiger partial charge in [0, 0.05) is 0 Å². The van der Waals surface area contributed by atoms with Crippen LogP contribution in [0.3, 0.4) is 0 Å². The van der Waals surface area contributed by atoms with Gasteiger partial charge in [-0.05, 0) is 17.6 Å². The molecule has 64 valence electrons. The van der Waals surface area contributed by atoms with Gasteiger partial charge in [-0.2, -0.15) is 0 Å². The average Bonchev–Trinajstić information content (AvgIpc) is 2.49. The Bertz CT molecular complexity index is 295. The molecule has 0 aliphatic carbocycles. The summed E-state index contributed by atoms with van der Waals surface area (Å²) in [4.78, 5) is 7.18. The van der Waals surface area contributed by atoms with Gasteiger partial charge < -0.3 is 4.98 Å². The van der Waals surface area contributed by atoms with E-state index in [1.54, 1.807) is 12.4 Å². The van der Waals surface area contributed by atoms with E-state index in [0.29, 0.717) is 5.92 Å². The first-order valence-corrected chi connectivity index (χ1v) is 4.01. The molecule has 12 heavy (non-hydrogen) atoms. The van der Waals surface area contributed by atoms with Gasteiger partial charge in [0.2, 0.25) is 0 Å². The first-order chi connectivity index (χ1) is 5.66. The van der Waals surface area contributed by atoms with Crippen LogP contribution in [0, 0.1) is 5.92 Å². The summed E-state index contributed by atoms with van der Waals surface area (Å²) in [6.07, 6.45) is 3.43. The van der Waals surface area contributed by atoms with E-state index >= 15 is 0 Å². The number of aromatic amines is 1. The van der Waals surface area contributed by atoms with E-state index in [9.17, 15) is 0 Å². The quantitative estimate of drug-likeness (QED) is 0.727. The van der Waals surface area contributed by atoms with Gasteiger partial charge in [-0.25, -0.2) is 4.98 Å². The summed E-state index contributed by atoms with van der Waals surface area (Å²) in [5.74, 6) is 0.423. The monoisotopic (exact) mass is 162 g/mol. The fourth-order valence-electron chi connectivity index (χ4n) is 0.989. The summed E-state index contributed by atoms with van der Waals surface area (Å²) < 4.78 is 0. The summed E-state index contributed by atoms with van der Waals surface area (Å²) in [7, 11) is 0. The lowest BCUT2D eigenvalue weighted by Crippen LogP contribution is -1.94. The summed E-state index contributed by atoms with van der Waals surface area (Å²) >= 11 is 0. The number of nitrogens with zero attached hydrogens (tertiary/aromatic N) is 1. The van der Waals surface area contributed by atoms with Gasteiger partial charge in [0.05, 0.1) is 17.7 Å². The van der Waals surface area contributed by atoms with Crippen LogP contribution in [0.5, 0.6) is 0 Å². The zero-order chi connectivity index (χ0) is 9.14. The number of nitrogens with one attached hydrogen (secondary N) is 1. The number of allylic oxidation sites excluding steroid dienone is 1. The van der Waals surface area contributed by atoms with E-state index in [1.807, 2.05) is 0 Å². The van der Waals surface area contributed by atoms with Crippen molar-refractivity contribution < 1.29 is 0 Å². The lowest BCUT2D eigenvalue weighted by molar-refractivity contribution is 0.852. The zero-order valence-electron chi connectivity index (χ0n) is 7.59. The van der Waals surface area contributed by atoms with Crippen LogP contribution in [0.1, 0.15) is 25.2 Å². The minimum Gasteiger partial charge on any atom is -0.345 e. The molecule has 0 atom stereocenters. The van der Waals surface area contributed by atoms with Crippen LogP contribution in [0.25, 0.3) is 11.6 Å².